The second-order valence-corrected chi connectivity index (χ2v) is 7.58. The summed E-state index contributed by atoms with van der Waals surface area (Å²) in [6, 6.07) is 1.05. The smallest absolute Gasteiger partial charge is 0.268 e. The lowest BCUT2D eigenvalue weighted by atomic mass is 10.2. The Morgan fingerprint density at radius 2 is 1.80 bits per heavy atom. The van der Waals surface area contributed by atoms with E-state index in [2.05, 4.69) is 31.8 Å². The number of ether oxygens (including phenoxy) is 1. The zero-order chi connectivity index (χ0) is 21.9. The number of pyridine rings is 2. The summed E-state index contributed by atoms with van der Waals surface area (Å²) in [5.41, 5.74) is 4.87. The van der Waals surface area contributed by atoms with E-state index < -0.39 is 37.9 Å². The molecule has 30 heavy (non-hydrogen) atoms. The largest absolute Gasteiger partial charge is 0.480 e. The van der Waals surface area contributed by atoms with Crippen molar-refractivity contribution < 1.29 is 21.9 Å². The summed E-state index contributed by atoms with van der Waals surface area (Å²) >= 11 is 5.78. The van der Waals surface area contributed by atoms with Crippen LogP contribution in [-0.4, -0.2) is 35.5 Å². The molecule has 0 saturated carbocycles. The summed E-state index contributed by atoms with van der Waals surface area (Å²) in [5, 5.41) is 0.000912. The van der Waals surface area contributed by atoms with Crippen molar-refractivity contribution in [1.82, 2.24) is 19.9 Å². The van der Waals surface area contributed by atoms with Crippen LogP contribution in [0.15, 0.2) is 35.7 Å². The Kier molecular flexibility index (Phi) is 5.95. The molecular formula is C17H11ClF2N6O3S. The van der Waals surface area contributed by atoms with E-state index in [0.717, 1.165) is 6.07 Å². The molecule has 154 valence electrons. The number of nitrogens with two attached hydrogens (primary N) is 1. The summed E-state index contributed by atoms with van der Waals surface area (Å²) in [4.78, 5) is 14.1. The zero-order valence-electron chi connectivity index (χ0n) is 15.0. The Hall–Kier alpha value is -3.56. The molecule has 3 heterocycles. The third kappa shape index (κ3) is 4.53. The standard InChI is InChI=1S/C17H11ClF2N6O3S/c1-29-16-13(4-10(18)7-23-16)30(27,28)26-15-14(20)11(12(19)8-22-15)3-2-9-5-24-17(21)25-6-9/h4-8H,1H3,(H,22,26)(H2,21,24,25). The normalized spacial score (nSPS) is 10.8. The predicted octanol–water partition coefficient (Wildman–Crippen LogP) is 1.99. The lowest BCUT2D eigenvalue weighted by molar-refractivity contribution is 0.385. The summed E-state index contributed by atoms with van der Waals surface area (Å²) in [6.07, 6.45) is 4.31. The van der Waals surface area contributed by atoms with Gasteiger partial charge in [0.15, 0.2) is 22.3 Å². The van der Waals surface area contributed by atoms with E-state index in [1.807, 2.05) is 4.72 Å². The SMILES string of the molecule is COc1ncc(Cl)cc1S(=O)(=O)Nc1ncc(F)c(C#Cc2cnc(N)nc2)c1F. The van der Waals surface area contributed by atoms with Gasteiger partial charge in [-0.25, -0.2) is 37.1 Å². The highest BCUT2D eigenvalue weighted by Crippen LogP contribution is 2.27. The van der Waals surface area contributed by atoms with E-state index >= 15 is 0 Å². The van der Waals surface area contributed by atoms with Crippen molar-refractivity contribution in [2.75, 3.05) is 17.6 Å². The molecule has 9 nitrogen and oxygen atoms in total. The van der Waals surface area contributed by atoms with Gasteiger partial charge in [0.05, 0.1) is 23.9 Å². The van der Waals surface area contributed by atoms with E-state index in [9.17, 15) is 17.2 Å². The summed E-state index contributed by atoms with van der Waals surface area (Å²) in [6.45, 7) is 0. The highest BCUT2D eigenvalue weighted by molar-refractivity contribution is 7.92. The number of hydrogen-bond acceptors (Lipinski definition) is 8. The van der Waals surface area contributed by atoms with Gasteiger partial charge in [0.1, 0.15) is 5.56 Å². The number of rotatable bonds is 4. The molecule has 0 fully saturated rings. The lowest BCUT2D eigenvalue weighted by Gasteiger charge is -2.11. The van der Waals surface area contributed by atoms with Gasteiger partial charge in [-0.3, -0.25) is 4.72 Å². The number of nitrogens with zero attached hydrogens (tertiary/aromatic N) is 4. The minimum atomic E-state index is -4.43. The maximum atomic E-state index is 14.8. The van der Waals surface area contributed by atoms with Crippen molar-refractivity contribution >= 4 is 33.4 Å². The maximum absolute atomic E-state index is 14.8. The van der Waals surface area contributed by atoms with Crippen LogP contribution in [0, 0.1) is 23.5 Å². The van der Waals surface area contributed by atoms with Gasteiger partial charge in [0, 0.05) is 18.6 Å². The molecular weight excluding hydrogens is 442 g/mol. The first kappa shape index (κ1) is 21.2. The lowest BCUT2D eigenvalue weighted by Crippen LogP contribution is -2.17. The van der Waals surface area contributed by atoms with Crippen molar-refractivity contribution in [2.45, 2.75) is 4.90 Å². The Balaban J connectivity index is 2.00. The van der Waals surface area contributed by atoms with Gasteiger partial charge in [-0.2, -0.15) is 0 Å². The molecule has 0 radical (unpaired) electrons. The van der Waals surface area contributed by atoms with Crippen molar-refractivity contribution in [3.8, 4) is 17.7 Å². The minimum absolute atomic E-state index is 0.000912. The Morgan fingerprint density at radius 1 is 1.10 bits per heavy atom. The van der Waals surface area contributed by atoms with E-state index in [4.69, 9.17) is 22.1 Å². The second-order valence-electron chi connectivity index (χ2n) is 5.49. The Labute approximate surface area is 174 Å². The van der Waals surface area contributed by atoms with Crippen LogP contribution in [0.3, 0.4) is 0 Å². The fourth-order valence-corrected chi connectivity index (χ4v) is 3.50. The van der Waals surface area contributed by atoms with Gasteiger partial charge in [0.2, 0.25) is 11.8 Å². The van der Waals surface area contributed by atoms with Crippen LogP contribution in [0.1, 0.15) is 11.1 Å². The number of halogens is 3. The molecule has 3 aromatic heterocycles. The molecule has 0 aliphatic carbocycles. The molecule has 0 amide bonds. The first-order chi connectivity index (χ1) is 14.2. The fraction of sp³-hybridized carbons (Fsp3) is 0.0588. The highest BCUT2D eigenvalue weighted by Gasteiger charge is 2.25. The number of aromatic nitrogens is 4. The number of nitrogen functional groups attached to an aromatic ring is 1. The number of hydrogen-bond donors (Lipinski definition) is 2. The third-order valence-corrected chi connectivity index (χ3v) is 5.02. The Morgan fingerprint density at radius 3 is 2.47 bits per heavy atom. The minimum Gasteiger partial charge on any atom is -0.480 e. The topological polar surface area (TPSA) is 133 Å². The van der Waals surface area contributed by atoms with Crippen molar-refractivity contribution in [3.63, 3.8) is 0 Å². The number of sulfonamides is 1. The average Bonchev–Trinajstić information content (AvgIpc) is 2.71. The van der Waals surface area contributed by atoms with Crippen LogP contribution in [0.2, 0.25) is 5.02 Å². The maximum Gasteiger partial charge on any atom is 0.268 e. The van der Waals surface area contributed by atoms with E-state index in [-0.39, 0.29) is 22.4 Å². The van der Waals surface area contributed by atoms with Crippen LogP contribution in [0.4, 0.5) is 20.5 Å². The van der Waals surface area contributed by atoms with Gasteiger partial charge < -0.3 is 10.5 Å². The van der Waals surface area contributed by atoms with Gasteiger partial charge in [-0.05, 0) is 6.07 Å². The van der Waals surface area contributed by atoms with Crippen LogP contribution >= 0.6 is 11.6 Å². The van der Waals surface area contributed by atoms with Crippen LogP contribution in [-0.2, 0) is 10.0 Å². The number of nitrogens with one attached hydrogen (secondary N) is 1. The van der Waals surface area contributed by atoms with Gasteiger partial charge >= 0.3 is 0 Å². The van der Waals surface area contributed by atoms with Gasteiger partial charge in [0.25, 0.3) is 10.0 Å². The monoisotopic (exact) mass is 452 g/mol. The molecule has 13 heteroatoms. The molecule has 0 spiro atoms. The van der Waals surface area contributed by atoms with E-state index in [1.54, 1.807) is 0 Å². The van der Waals surface area contributed by atoms with Gasteiger partial charge in [-0.15, -0.1) is 0 Å². The number of methoxy groups -OCH3 is 1. The zero-order valence-corrected chi connectivity index (χ0v) is 16.6. The molecule has 3 rings (SSSR count). The van der Waals surface area contributed by atoms with E-state index in [1.165, 1.54) is 25.7 Å². The summed E-state index contributed by atoms with van der Waals surface area (Å²) < 4.78 is 60.9. The Bertz CT molecular complexity index is 1280. The molecule has 0 bridgehead atoms. The van der Waals surface area contributed by atoms with Crippen molar-refractivity contribution in [2.24, 2.45) is 0 Å². The third-order valence-electron chi connectivity index (χ3n) is 3.48. The molecule has 0 aliphatic heterocycles. The molecule has 3 aromatic rings. The molecule has 0 saturated heterocycles. The second kappa shape index (κ2) is 8.44. The number of anilines is 2. The van der Waals surface area contributed by atoms with Crippen molar-refractivity contribution in [3.05, 3.63) is 58.6 Å². The van der Waals surface area contributed by atoms with E-state index in [0.29, 0.717) is 6.20 Å². The molecule has 0 aromatic carbocycles. The summed E-state index contributed by atoms with van der Waals surface area (Å²) in [7, 11) is -3.24. The molecule has 0 unspecified atom stereocenters. The average molecular weight is 453 g/mol. The predicted molar refractivity (Wildman–Crippen MR) is 103 cm³/mol. The molecule has 0 aliphatic rings. The highest BCUT2D eigenvalue weighted by atomic mass is 35.5. The van der Waals surface area contributed by atoms with Crippen molar-refractivity contribution in [1.29, 1.82) is 0 Å². The first-order valence-corrected chi connectivity index (χ1v) is 9.73. The first-order valence-electron chi connectivity index (χ1n) is 7.87. The molecule has 0 atom stereocenters. The van der Waals surface area contributed by atoms with Crippen LogP contribution in [0.25, 0.3) is 0 Å². The van der Waals surface area contributed by atoms with Crippen LogP contribution in [0.5, 0.6) is 5.88 Å². The quantitative estimate of drug-likeness (QED) is 0.574. The summed E-state index contributed by atoms with van der Waals surface area (Å²) in [5.74, 6) is 1.24. The fourth-order valence-electron chi connectivity index (χ4n) is 2.12. The molecule has 3 N–H and O–H groups in total. The van der Waals surface area contributed by atoms with Crippen LogP contribution < -0.4 is 15.2 Å². The van der Waals surface area contributed by atoms with Gasteiger partial charge in [-0.1, -0.05) is 23.4 Å².